The molecule has 1 saturated heterocycles. The maximum Gasteiger partial charge on any atom is 0.340 e. The summed E-state index contributed by atoms with van der Waals surface area (Å²) >= 11 is 0. The van der Waals surface area contributed by atoms with Crippen molar-refractivity contribution >= 4 is 17.3 Å². The fourth-order valence-corrected chi connectivity index (χ4v) is 2.08. The number of nitrogens with zero attached hydrogens (tertiary/aromatic N) is 1. The number of hydrogen-bond acceptors (Lipinski definition) is 4. The van der Waals surface area contributed by atoms with Gasteiger partial charge in [-0.2, -0.15) is 0 Å². The molecule has 0 saturated carbocycles. The van der Waals surface area contributed by atoms with Crippen molar-refractivity contribution in [1.82, 2.24) is 0 Å². The van der Waals surface area contributed by atoms with E-state index in [1.807, 2.05) is 4.90 Å². The van der Waals surface area contributed by atoms with Gasteiger partial charge >= 0.3 is 5.97 Å². The van der Waals surface area contributed by atoms with E-state index >= 15 is 0 Å². The number of rotatable bonds is 2. The lowest BCUT2D eigenvalue weighted by molar-refractivity contribution is 0.0698. The topological polar surface area (TPSA) is 92.6 Å². The Labute approximate surface area is 97.8 Å². The van der Waals surface area contributed by atoms with E-state index in [9.17, 15) is 9.18 Å². The van der Waals surface area contributed by atoms with Crippen LogP contribution in [0.5, 0.6) is 0 Å². The van der Waals surface area contributed by atoms with Crippen molar-refractivity contribution in [2.45, 2.75) is 12.5 Å². The van der Waals surface area contributed by atoms with E-state index in [0.717, 1.165) is 6.42 Å². The average molecular weight is 239 g/mol. The van der Waals surface area contributed by atoms with Gasteiger partial charge in [-0.3, -0.25) is 0 Å². The monoisotopic (exact) mass is 239 g/mol. The number of benzene rings is 1. The first-order valence-corrected chi connectivity index (χ1v) is 5.32. The third kappa shape index (κ3) is 2.03. The molecule has 1 aromatic rings. The maximum atomic E-state index is 13.3. The Kier molecular flexibility index (Phi) is 2.89. The Balaban J connectivity index is 2.47. The highest BCUT2D eigenvalue weighted by molar-refractivity contribution is 6.00. The molecule has 1 unspecified atom stereocenters. The first kappa shape index (κ1) is 11.7. The van der Waals surface area contributed by atoms with Crippen LogP contribution in [0.1, 0.15) is 16.8 Å². The minimum Gasteiger partial charge on any atom is -0.478 e. The van der Waals surface area contributed by atoms with Crippen LogP contribution in [0.2, 0.25) is 0 Å². The summed E-state index contributed by atoms with van der Waals surface area (Å²) in [6, 6.07) is 2.64. The van der Waals surface area contributed by atoms with E-state index in [2.05, 4.69) is 0 Å². The van der Waals surface area contributed by atoms with Crippen LogP contribution in [0.4, 0.5) is 15.8 Å². The summed E-state index contributed by atoms with van der Waals surface area (Å²) in [5, 5.41) is 9.09. The molecule has 1 aromatic carbocycles. The van der Waals surface area contributed by atoms with Gasteiger partial charge in [0.2, 0.25) is 0 Å². The predicted octanol–water partition coefficient (Wildman–Crippen LogP) is 0.644. The number of aromatic carboxylic acids is 1. The molecule has 0 radical (unpaired) electrons. The smallest absolute Gasteiger partial charge is 0.340 e. The van der Waals surface area contributed by atoms with Crippen LogP contribution >= 0.6 is 0 Å². The molecule has 0 aliphatic carbocycles. The fraction of sp³-hybridized carbons (Fsp3) is 0.364. The number of carboxylic acids is 1. The van der Waals surface area contributed by atoms with Crippen LogP contribution in [0.3, 0.4) is 0 Å². The molecule has 92 valence electrons. The standard InChI is InChI=1S/C11H14FN3O2/c12-7-1-2-8(9(10(7)14)11(16)17)15-4-3-6(13)5-15/h1-2,6H,3-5,13-14H2,(H,16,17). The molecule has 17 heavy (non-hydrogen) atoms. The number of hydrogen-bond donors (Lipinski definition) is 3. The molecule has 5 N–H and O–H groups in total. The van der Waals surface area contributed by atoms with E-state index in [-0.39, 0.29) is 17.3 Å². The van der Waals surface area contributed by atoms with Crippen LogP contribution in [0.25, 0.3) is 0 Å². The molecular weight excluding hydrogens is 225 g/mol. The second kappa shape index (κ2) is 4.21. The van der Waals surface area contributed by atoms with Crippen LogP contribution < -0.4 is 16.4 Å². The van der Waals surface area contributed by atoms with Gasteiger partial charge in [-0.05, 0) is 18.6 Å². The molecule has 6 heteroatoms. The Morgan fingerprint density at radius 3 is 2.76 bits per heavy atom. The highest BCUT2D eigenvalue weighted by Crippen LogP contribution is 2.30. The van der Waals surface area contributed by atoms with Crippen molar-refractivity contribution in [2.24, 2.45) is 5.73 Å². The SMILES string of the molecule is Nc1c(F)ccc(N2CCC(N)C2)c1C(=O)O. The number of carbonyl (C=O) groups is 1. The number of anilines is 2. The van der Waals surface area contributed by atoms with Gasteiger partial charge in [-0.25, -0.2) is 9.18 Å². The Morgan fingerprint density at radius 1 is 1.53 bits per heavy atom. The lowest BCUT2D eigenvalue weighted by Gasteiger charge is -2.21. The minimum absolute atomic E-state index is 0.0166. The van der Waals surface area contributed by atoms with Gasteiger partial charge in [0.15, 0.2) is 0 Å². The van der Waals surface area contributed by atoms with Gasteiger partial charge in [-0.1, -0.05) is 0 Å². The molecule has 1 aliphatic rings. The van der Waals surface area contributed by atoms with Crippen molar-refractivity contribution in [3.63, 3.8) is 0 Å². The molecule has 0 aromatic heterocycles. The van der Waals surface area contributed by atoms with E-state index in [1.165, 1.54) is 12.1 Å². The summed E-state index contributed by atoms with van der Waals surface area (Å²) in [6.45, 7) is 1.22. The Morgan fingerprint density at radius 2 is 2.24 bits per heavy atom. The van der Waals surface area contributed by atoms with Gasteiger partial charge in [-0.15, -0.1) is 0 Å². The summed E-state index contributed by atoms with van der Waals surface area (Å²) in [7, 11) is 0. The summed E-state index contributed by atoms with van der Waals surface area (Å²) < 4.78 is 13.3. The van der Waals surface area contributed by atoms with Crippen molar-refractivity contribution in [3.05, 3.63) is 23.5 Å². The van der Waals surface area contributed by atoms with Crippen molar-refractivity contribution in [2.75, 3.05) is 23.7 Å². The summed E-state index contributed by atoms with van der Waals surface area (Å²) in [5.41, 5.74) is 11.2. The van der Waals surface area contributed by atoms with Gasteiger partial charge in [0.05, 0.1) is 11.4 Å². The van der Waals surface area contributed by atoms with E-state index in [1.54, 1.807) is 0 Å². The van der Waals surface area contributed by atoms with Gasteiger partial charge < -0.3 is 21.5 Å². The van der Waals surface area contributed by atoms with E-state index < -0.39 is 11.8 Å². The van der Waals surface area contributed by atoms with Gasteiger partial charge in [0, 0.05) is 19.1 Å². The Bertz CT molecular complexity index is 464. The molecular formula is C11H14FN3O2. The molecule has 0 amide bonds. The lowest BCUT2D eigenvalue weighted by atomic mass is 10.1. The highest BCUT2D eigenvalue weighted by Gasteiger charge is 2.26. The molecule has 1 fully saturated rings. The first-order valence-electron chi connectivity index (χ1n) is 5.32. The van der Waals surface area contributed by atoms with Crippen molar-refractivity contribution in [3.8, 4) is 0 Å². The zero-order valence-corrected chi connectivity index (χ0v) is 9.19. The molecule has 0 bridgehead atoms. The fourth-order valence-electron chi connectivity index (χ4n) is 2.08. The largest absolute Gasteiger partial charge is 0.478 e. The second-order valence-corrected chi connectivity index (χ2v) is 4.16. The zero-order chi connectivity index (χ0) is 12.6. The minimum atomic E-state index is -1.22. The molecule has 2 rings (SSSR count). The van der Waals surface area contributed by atoms with Gasteiger partial charge in [0.25, 0.3) is 0 Å². The number of nitrogens with two attached hydrogens (primary N) is 2. The van der Waals surface area contributed by atoms with Crippen molar-refractivity contribution in [1.29, 1.82) is 0 Å². The summed E-state index contributed by atoms with van der Waals surface area (Å²) in [6.07, 6.45) is 0.788. The zero-order valence-electron chi connectivity index (χ0n) is 9.19. The Hall–Kier alpha value is -1.82. The summed E-state index contributed by atoms with van der Waals surface area (Å²) in [4.78, 5) is 13.0. The molecule has 1 heterocycles. The van der Waals surface area contributed by atoms with Crippen LogP contribution in [-0.2, 0) is 0 Å². The second-order valence-electron chi connectivity index (χ2n) is 4.16. The molecule has 1 aliphatic heterocycles. The number of nitrogen functional groups attached to an aromatic ring is 1. The summed E-state index contributed by atoms with van der Waals surface area (Å²) in [5.74, 6) is -1.94. The maximum absolute atomic E-state index is 13.3. The van der Waals surface area contributed by atoms with E-state index in [0.29, 0.717) is 18.8 Å². The quantitative estimate of drug-likeness (QED) is 0.659. The number of carboxylic acid groups (broad SMARTS) is 1. The highest BCUT2D eigenvalue weighted by atomic mass is 19.1. The van der Waals surface area contributed by atoms with Crippen LogP contribution in [0.15, 0.2) is 12.1 Å². The lowest BCUT2D eigenvalue weighted by Crippen LogP contribution is -2.28. The van der Waals surface area contributed by atoms with Gasteiger partial charge in [0.1, 0.15) is 11.4 Å². The third-order valence-corrected chi connectivity index (χ3v) is 2.95. The molecule has 5 nitrogen and oxygen atoms in total. The average Bonchev–Trinajstić information content (AvgIpc) is 2.68. The molecule has 0 spiro atoms. The normalized spacial score (nSPS) is 19.6. The predicted molar refractivity (Wildman–Crippen MR) is 62.6 cm³/mol. The third-order valence-electron chi connectivity index (χ3n) is 2.95. The van der Waals surface area contributed by atoms with Crippen molar-refractivity contribution < 1.29 is 14.3 Å². The number of halogens is 1. The first-order chi connectivity index (χ1) is 8.00. The van der Waals surface area contributed by atoms with Crippen LogP contribution in [-0.4, -0.2) is 30.2 Å². The molecule has 1 atom stereocenters. The van der Waals surface area contributed by atoms with Crippen LogP contribution in [0, 0.1) is 5.82 Å². The van der Waals surface area contributed by atoms with E-state index in [4.69, 9.17) is 16.6 Å².